The number of rotatable bonds is 2. The van der Waals surface area contributed by atoms with E-state index in [4.69, 9.17) is 6.57 Å². The third kappa shape index (κ3) is 2.17. The van der Waals surface area contributed by atoms with Crippen LogP contribution < -0.4 is 0 Å². The first kappa shape index (κ1) is 9.44. The van der Waals surface area contributed by atoms with Crippen LogP contribution >= 0.6 is 0 Å². The summed E-state index contributed by atoms with van der Waals surface area (Å²) in [6.45, 7) is 6.78. The molecule has 68 valence electrons. The first-order valence-corrected chi connectivity index (χ1v) is 4.38. The minimum atomic E-state index is -2.50. The van der Waals surface area contributed by atoms with Crippen LogP contribution in [0.1, 0.15) is 32.1 Å². The molecule has 0 aromatic carbocycles. The SMILES string of the molecule is [C-]#[N+]CCC1CCCCC1(F)F. The molecule has 0 aromatic rings. The Morgan fingerprint density at radius 1 is 1.42 bits per heavy atom. The maximum atomic E-state index is 13.1. The van der Waals surface area contributed by atoms with E-state index >= 15 is 0 Å². The molecule has 1 saturated carbocycles. The molecule has 1 aliphatic carbocycles. The predicted molar refractivity (Wildman–Crippen MR) is 43.0 cm³/mol. The number of alkyl halides is 2. The molecule has 1 rings (SSSR count). The summed E-state index contributed by atoms with van der Waals surface area (Å²) in [6.07, 6.45) is 2.54. The molecule has 0 bridgehead atoms. The summed E-state index contributed by atoms with van der Waals surface area (Å²) in [6, 6.07) is 0. The predicted octanol–water partition coefficient (Wildman–Crippen LogP) is 3.12. The molecule has 0 amide bonds. The summed E-state index contributed by atoms with van der Waals surface area (Å²) in [5.74, 6) is -3.02. The molecule has 3 heteroatoms. The Morgan fingerprint density at radius 2 is 2.17 bits per heavy atom. The molecule has 0 aliphatic heterocycles. The Kier molecular flexibility index (Phi) is 3.02. The highest BCUT2D eigenvalue weighted by molar-refractivity contribution is 4.83. The van der Waals surface area contributed by atoms with Crippen LogP contribution in [0.25, 0.3) is 4.85 Å². The molecular formula is C9H13F2N. The average molecular weight is 173 g/mol. The zero-order valence-electron chi connectivity index (χ0n) is 7.02. The average Bonchev–Trinajstić information content (AvgIpc) is 2.02. The standard InChI is InChI=1S/C9H13F2N/c1-12-7-5-8-4-2-3-6-9(8,10)11/h8H,2-7H2. The van der Waals surface area contributed by atoms with Gasteiger partial charge in [-0.25, -0.2) is 15.4 Å². The third-order valence-corrected chi connectivity index (χ3v) is 2.50. The van der Waals surface area contributed by atoms with Gasteiger partial charge in [0.25, 0.3) is 5.92 Å². The van der Waals surface area contributed by atoms with Gasteiger partial charge in [-0.05, 0) is 12.8 Å². The van der Waals surface area contributed by atoms with Crippen LogP contribution in [0, 0.1) is 12.5 Å². The molecule has 0 radical (unpaired) electrons. The zero-order chi connectivity index (χ0) is 9.03. The molecular weight excluding hydrogens is 160 g/mol. The molecule has 1 fully saturated rings. The molecule has 0 saturated heterocycles. The van der Waals surface area contributed by atoms with Crippen molar-refractivity contribution in [2.75, 3.05) is 6.54 Å². The number of nitrogens with zero attached hydrogens (tertiary/aromatic N) is 1. The lowest BCUT2D eigenvalue weighted by Gasteiger charge is -2.29. The molecule has 12 heavy (non-hydrogen) atoms. The second kappa shape index (κ2) is 3.84. The molecule has 1 aliphatic rings. The van der Waals surface area contributed by atoms with E-state index < -0.39 is 11.8 Å². The van der Waals surface area contributed by atoms with Crippen molar-refractivity contribution in [2.24, 2.45) is 5.92 Å². The maximum absolute atomic E-state index is 13.1. The molecule has 0 aromatic heterocycles. The fraction of sp³-hybridized carbons (Fsp3) is 0.889. The van der Waals surface area contributed by atoms with Gasteiger partial charge < -0.3 is 4.85 Å². The van der Waals surface area contributed by atoms with Gasteiger partial charge in [-0.15, -0.1) is 0 Å². The van der Waals surface area contributed by atoms with Gasteiger partial charge in [0.05, 0.1) is 0 Å². The van der Waals surface area contributed by atoms with Crippen molar-refractivity contribution in [2.45, 2.75) is 38.0 Å². The van der Waals surface area contributed by atoms with Gasteiger partial charge in [-0.2, -0.15) is 0 Å². The summed E-state index contributed by atoms with van der Waals surface area (Å²) >= 11 is 0. The molecule has 0 spiro atoms. The van der Waals surface area contributed by atoms with Crippen LogP contribution in [0.2, 0.25) is 0 Å². The molecule has 1 atom stereocenters. The monoisotopic (exact) mass is 173 g/mol. The van der Waals surface area contributed by atoms with Crippen molar-refractivity contribution in [1.82, 2.24) is 0 Å². The van der Waals surface area contributed by atoms with E-state index in [1.807, 2.05) is 0 Å². The number of halogens is 2. The maximum Gasteiger partial charge on any atom is 0.251 e. The van der Waals surface area contributed by atoms with Crippen molar-refractivity contribution in [3.8, 4) is 0 Å². The first-order chi connectivity index (χ1) is 5.67. The normalized spacial score (nSPS) is 27.9. The van der Waals surface area contributed by atoms with Crippen LogP contribution in [0.15, 0.2) is 0 Å². The minimum Gasteiger partial charge on any atom is -0.317 e. The topological polar surface area (TPSA) is 4.36 Å². The van der Waals surface area contributed by atoms with Gasteiger partial charge in [-0.1, -0.05) is 6.42 Å². The van der Waals surface area contributed by atoms with Crippen molar-refractivity contribution >= 4 is 0 Å². The third-order valence-electron chi connectivity index (χ3n) is 2.50. The van der Waals surface area contributed by atoms with E-state index in [0.717, 1.165) is 6.42 Å². The molecule has 1 nitrogen and oxygen atoms in total. The number of hydrogen-bond donors (Lipinski definition) is 0. The summed E-state index contributed by atoms with van der Waals surface area (Å²) in [4.78, 5) is 3.11. The van der Waals surface area contributed by atoms with Crippen LogP contribution in [0.3, 0.4) is 0 Å². The summed E-state index contributed by atoms with van der Waals surface area (Å²) < 4.78 is 26.2. The van der Waals surface area contributed by atoms with Gasteiger partial charge in [0.1, 0.15) is 0 Å². The van der Waals surface area contributed by atoms with E-state index in [1.165, 1.54) is 0 Å². The van der Waals surface area contributed by atoms with E-state index in [1.54, 1.807) is 0 Å². The smallest absolute Gasteiger partial charge is 0.251 e. The van der Waals surface area contributed by atoms with Gasteiger partial charge in [0, 0.05) is 18.8 Å². The molecule has 0 heterocycles. The quantitative estimate of drug-likeness (QED) is 0.565. The van der Waals surface area contributed by atoms with Gasteiger partial charge in [0.15, 0.2) is 0 Å². The van der Waals surface area contributed by atoms with E-state index in [-0.39, 0.29) is 13.0 Å². The lowest BCUT2D eigenvalue weighted by atomic mass is 9.83. The second-order valence-electron chi connectivity index (χ2n) is 3.37. The van der Waals surface area contributed by atoms with E-state index in [9.17, 15) is 8.78 Å². The van der Waals surface area contributed by atoms with Gasteiger partial charge in [0.2, 0.25) is 6.54 Å². The first-order valence-electron chi connectivity index (χ1n) is 4.38. The Hall–Kier alpha value is -0.650. The minimum absolute atomic E-state index is 0.0235. The summed E-state index contributed by atoms with van der Waals surface area (Å²) in [5, 5.41) is 0. The van der Waals surface area contributed by atoms with Gasteiger partial charge in [-0.3, -0.25) is 0 Å². The lowest BCUT2D eigenvalue weighted by Crippen LogP contribution is -2.32. The van der Waals surface area contributed by atoms with E-state index in [0.29, 0.717) is 19.3 Å². The van der Waals surface area contributed by atoms with Crippen molar-refractivity contribution in [1.29, 1.82) is 0 Å². The lowest BCUT2D eigenvalue weighted by molar-refractivity contribution is -0.0866. The highest BCUT2D eigenvalue weighted by Crippen LogP contribution is 2.40. The largest absolute Gasteiger partial charge is 0.317 e. The fourth-order valence-corrected chi connectivity index (χ4v) is 1.74. The fourth-order valence-electron chi connectivity index (χ4n) is 1.74. The Labute approximate surface area is 71.6 Å². The summed E-state index contributed by atoms with van der Waals surface area (Å²) in [5.41, 5.74) is 0. The molecule has 0 N–H and O–H groups in total. The Bertz CT molecular complexity index is 183. The van der Waals surface area contributed by atoms with Crippen LogP contribution in [0.5, 0.6) is 0 Å². The summed E-state index contributed by atoms with van der Waals surface area (Å²) in [7, 11) is 0. The highest BCUT2D eigenvalue weighted by atomic mass is 19.3. The van der Waals surface area contributed by atoms with Crippen LogP contribution in [-0.2, 0) is 0 Å². The van der Waals surface area contributed by atoms with Crippen molar-refractivity contribution < 1.29 is 8.78 Å². The second-order valence-corrected chi connectivity index (χ2v) is 3.37. The van der Waals surface area contributed by atoms with E-state index in [2.05, 4.69) is 4.85 Å². The number of hydrogen-bond acceptors (Lipinski definition) is 0. The van der Waals surface area contributed by atoms with Crippen molar-refractivity contribution in [3.05, 3.63) is 11.4 Å². The van der Waals surface area contributed by atoms with Crippen molar-refractivity contribution in [3.63, 3.8) is 0 Å². The van der Waals surface area contributed by atoms with Crippen LogP contribution in [-0.4, -0.2) is 12.5 Å². The Morgan fingerprint density at radius 3 is 2.75 bits per heavy atom. The van der Waals surface area contributed by atoms with Crippen LogP contribution in [0.4, 0.5) is 8.78 Å². The highest BCUT2D eigenvalue weighted by Gasteiger charge is 2.41. The Balaban J connectivity index is 2.44. The molecule has 1 unspecified atom stereocenters. The zero-order valence-corrected chi connectivity index (χ0v) is 7.02. The van der Waals surface area contributed by atoms with Gasteiger partial charge >= 0.3 is 0 Å².